The summed E-state index contributed by atoms with van der Waals surface area (Å²) < 4.78 is -0.612. The third-order valence-electron chi connectivity index (χ3n) is 2.26. The Morgan fingerprint density at radius 1 is 1.64 bits per heavy atom. The summed E-state index contributed by atoms with van der Waals surface area (Å²) in [6.07, 6.45) is 3.56. The molecule has 0 aromatic rings. The standard InChI is InChI=1S/C11H14O2S/c1-5-7(2)6-11(4)9(12)8(3)10(13)14-11/h5-6,12H,1H2,2-4H3/t11-/m1/s1. The minimum absolute atomic E-state index is 0.0573. The molecule has 76 valence electrons. The summed E-state index contributed by atoms with van der Waals surface area (Å²) in [4.78, 5) is 11.4. The molecule has 0 aromatic heterocycles. The lowest BCUT2D eigenvalue weighted by molar-refractivity contribution is -0.107. The highest BCUT2D eigenvalue weighted by Crippen LogP contribution is 2.43. The summed E-state index contributed by atoms with van der Waals surface area (Å²) in [5, 5.41) is 9.73. The zero-order chi connectivity index (χ0) is 10.9. The molecule has 0 saturated carbocycles. The molecule has 14 heavy (non-hydrogen) atoms. The van der Waals surface area contributed by atoms with Crippen molar-refractivity contribution in [3.63, 3.8) is 0 Å². The van der Waals surface area contributed by atoms with Crippen molar-refractivity contribution < 1.29 is 9.90 Å². The molecule has 1 aliphatic rings. The molecule has 1 aliphatic heterocycles. The summed E-state index contributed by atoms with van der Waals surface area (Å²) in [5.74, 6) is 0.161. The molecule has 0 saturated heterocycles. The molecule has 1 N–H and O–H groups in total. The van der Waals surface area contributed by atoms with E-state index < -0.39 is 4.75 Å². The Morgan fingerprint density at radius 2 is 2.21 bits per heavy atom. The van der Waals surface area contributed by atoms with E-state index in [-0.39, 0.29) is 10.9 Å². The van der Waals surface area contributed by atoms with E-state index in [4.69, 9.17) is 0 Å². The average molecular weight is 210 g/mol. The molecule has 0 aliphatic carbocycles. The van der Waals surface area contributed by atoms with E-state index >= 15 is 0 Å². The largest absolute Gasteiger partial charge is 0.510 e. The number of carbonyl (C=O) groups excluding carboxylic acids is 1. The summed E-state index contributed by atoms with van der Waals surface area (Å²) in [6.45, 7) is 9.00. The lowest BCUT2D eigenvalue weighted by Crippen LogP contribution is -2.17. The Morgan fingerprint density at radius 3 is 2.57 bits per heavy atom. The van der Waals surface area contributed by atoms with Crippen LogP contribution in [0, 0.1) is 0 Å². The number of carbonyl (C=O) groups is 1. The number of allylic oxidation sites excluding steroid dienone is 2. The predicted molar refractivity (Wildman–Crippen MR) is 60.3 cm³/mol. The fourth-order valence-corrected chi connectivity index (χ4v) is 2.51. The van der Waals surface area contributed by atoms with E-state index in [1.807, 2.05) is 19.9 Å². The van der Waals surface area contributed by atoms with Gasteiger partial charge in [0.05, 0.1) is 4.75 Å². The molecule has 0 aromatic carbocycles. The Balaban J connectivity index is 3.12. The fraction of sp³-hybridized carbons (Fsp3) is 0.364. The molecule has 0 fully saturated rings. The highest BCUT2D eigenvalue weighted by Gasteiger charge is 2.39. The number of hydrogen-bond acceptors (Lipinski definition) is 3. The van der Waals surface area contributed by atoms with Gasteiger partial charge in [0.25, 0.3) is 0 Å². The van der Waals surface area contributed by atoms with Crippen LogP contribution in [0.1, 0.15) is 20.8 Å². The van der Waals surface area contributed by atoms with Gasteiger partial charge in [-0.05, 0) is 20.8 Å². The van der Waals surface area contributed by atoms with Crippen molar-refractivity contribution in [1.82, 2.24) is 0 Å². The zero-order valence-electron chi connectivity index (χ0n) is 8.63. The first-order chi connectivity index (χ1) is 6.40. The second-order valence-electron chi connectivity index (χ2n) is 3.56. The minimum Gasteiger partial charge on any atom is -0.510 e. The molecule has 2 nitrogen and oxygen atoms in total. The third kappa shape index (κ3) is 1.77. The molecular formula is C11H14O2S. The Bertz CT molecular complexity index is 352. The molecule has 0 bridgehead atoms. The van der Waals surface area contributed by atoms with Crippen LogP contribution in [0.3, 0.4) is 0 Å². The second-order valence-corrected chi connectivity index (χ2v) is 4.99. The van der Waals surface area contributed by atoms with Gasteiger partial charge in [0.1, 0.15) is 5.76 Å². The lowest BCUT2D eigenvalue weighted by Gasteiger charge is -2.18. The minimum atomic E-state index is -0.612. The van der Waals surface area contributed by atoms with Crippen molar-refractivity contribution >= 4 is 16.9 Å². The number of hydrogen-bond donors (Lipinski definition) is 1. The summed E-state index contributed by atoms with van der Waals surface area (Å²) >= 11 is 1.14. The van der Waals surface area contributed by atoms with Crippen molar-refractivity contribution in [2.24, 2.45) is 0 Å². The van der Waals surface area contributed by atoms with Crippen LogP contribution in [0.2, 0.25) is 0 Å². The summed E-state index contributed by atoms with van der Waals surface area (Å²) in [6, 6.07) is 0. The Hall–Kier alpha value is -0.960. The van der Waals surface area contributed by atoms with Gasteiger partial charge in [0.15, 0.2) is 0 Å². The Kier molecular flexibility index (Phi) is 2.90. The first-order valence-corrected chi connectivity index (χ1v) is 5.18. The van der Waals surface area contributed by atoms with Crippen molar-refractivity contribution in [3.05, 3.63) is 35.6 Å². The highest BCUT2D eigenvalue weighted by molar-refractivity contribution is 8.16. The van der Waals surface area contributed by atoms with Crippen LogP contribution in [0.4, 0.5) is 0 Å². The van der Waals surface area contributed by atoms with E-state index in [1.165, 1.54) is 0 Å². The quantitative estimate of drug-likeness (QED) is 0.712. The molecule has 1 atom stereocenters. The van der Waals surface area contributed by atoms with Crippen LogP contribution >= 0.6 is 11.8 Å². The summed E-state index contributed by atoms with van der Waals surface area (Å²) in [5.41, 5.74) is 1.40. The zero-order valence-corrected chi connectivity index (χ0v) is 9.44. The van der Waals surface area contributed by atoms with Crippen molar-refractivity contribution in [2.75, 3.05) is 0 Å². The maximum Gasteiger partial charge on any atom is 0.219 e. The first-order valence-electron chi connectivity index (χ1n) is 4.36. The molecule has 0 amide bonds. The van der Waals surface area contributed by atoms with E-state index in [9.17, 15) is 9.90 Å². The van der Waals surface area contributed by atoms with Gasteiger partial charge >= 0.3 is 0 Å². The van der Waals surface area contributed by atoms with Crippen LogP contribution in [0.15, 0.2) is 35.6 Å². The molecule has 0 radical (unpaired) electrons. The number of rotatable bonds is 2. The topological polar surface area (TPSA) is 37.3 Å². The molecule has 0 unspecified atom stereocenters. The van der Waals surface area contributed by atoms with Gasteiger partial charge in [-0.3, -0.25) is 4.79 Å². The number of aliphatic hydroxyl groups excluding tert-OH is 1. The maximum atomic E-state index is 11.4. The highest BCUT2D eigenvalue weighted by atomic mass is 32.2. The van der Waals surface area contributed by atoms with E-state index in [2.05, 4.69) is 6.58 Å². The normalized spacial score (nSPS) is 28.5. The number of thioether (sulfide) groups is 1. The van der Waals surface area contributed by atoms with Gasteiger partial charge in [-0.2, -0.15) is 0 Å². The van der Waals surface area contributed by atoms with Crippen molar-refractivity contribution in [1.29, 1.82) is 0 Å². The van der Waals surface area contributed by atoms with E-state index in [1.54, 1.807) is 13.0 Å². The van der Waals surface area contributed by atoms with Gasteiger partial charge in [-0.15, -0.1) is 0 Å². The van der Waals surface area contributed by atoms with Crippen LogP contribution in [0.5, 0.6) is 0 Å². The molecule has 1 rings (SSSR count). The second kappa shape index (κ2) is 3.65. The molecule has 0 spiro atoms. The van der Waals surface area contributed by atoms with Crippen LogP contribution in [-0.4, -0.2) is 15.0 Å². The lowest BCUT2D eigenvalue weighted by atomic mass is 10.0. The van der Waals surface area contributed by atoms with Crippen LogP contribution in [0.25, 0.3) is 0 Å². The monoisotopic (exact) mass is 210 g/mol. The average Bonchev–Trinajstić information content (AvgIpc) is 2.30. The van der Waals surface area contributed by atoms with E-state index in [0.29, 0.717) is 5.57 Å². The number of aliphatic hydroxyl groups is 1. The molecular weight excluding hydrogens is 196 g/mol. The van der Waals surface area contributed by atoms with Crippen LogP contribution in [-0.2, 0) is 4.79 Å². The van der Waals surface area contributed by atoms with Gasteiger partial charge < -0.3 is 5.11 Å². The van der Waals surface area contributed by atoms with Gasteiger partial charge in [-0.25, -0.2) is 0 Å². The third-order valence-corrected chi connectivity index (χ3v) is 3.49. The first kappa shape index (κ1) is 11.1. The predicted octanol–water partition coefficient (Wildman–Crippen LogP) is 2.98. The van der Waals surface area contributed by atoms with Gasteiger partial charge in [0, 0.05) is 5.57 Å². The van der Waals surface area contributed by atoms with Crippen molar-refractivity contribution in [2.45, 2.75) is 25.5 Å². The molecule has 1 heterocycles. The smallest absolute Gasteiger partial charge is 0.219 e. The van der Waals surface area contributed by atoms with Gasteiger partial charge in [-0.1, -0.05) is 36.1 Å². The maximum absolute atomic E-state index is 11.4. The van der Waals surface area contributed by atoms with Crippen LogP contribution < -0.4 is 0 Å². The molecule has 3 heteroatoms. The Labute approximate surface area is 88.4 Å². The summed E-state index contributed by atoms with van der Waals surface area (Å²) in [7, 11) is 0. The van der Waals surface area contributed by atoms with Crippen molar-refractivity contribution in [3.8, 4) is 0 Å². The fourth-order valence-electron chi connectivity index (χ4n) is 1.38. The SMILES string of the molecule is C=CC(C)=C[C@@]1(C)SC(=O)C(C)=C1O. The van der Waals surface area contributed by atoms with E-state index in [0.717, 1.165) is 17.3 Å². The van der Waals surface area contributed by atoms with Gasteiger partial charge in [0.2, 0.25) is 5.12 Å².